The summed E-state index contributed by atoms with van der Waals surface area (Å²) in [5.41, 5.74) is 1.72. The number of hydrogen-bond acceptors (Lipinski definition) is 3. The van der Waals surface area contributed by atoms with Gasteiger partial charge in [-0.1, -0.05) is 53.7 Å². The Bertz CT molecular complexity index is 1040. The van der Waals surface area contributed by atoms with Gasteiger partial charge in [-0.3, -0.25) is 5.32 Å². The largest absolute Gasteiger partial charge is 0.391 e. The van der Waals surface area contributed by atoms with E-state index >= 15 is 0 Å². The van der Waals surface area contributed by atoms with Gasteiger partial charge >= 0.3 is 12.2 Å². The molecule has 0 spiro atoms. The van der Waals surface area contributed by atoms with E-state index in [0.29, 0.717) is 17.7 Å². The zero-order chi connectivity index (χ0) is 23.1. The number of aryl methyl sites for hydroxylation is 1. The predicted molar refractivity (Wildman–Crippen MR) is 112 cm³/mol. The minimum Gasteiger partial charge on any atom is -0.335 e. The van der Waals surface area contributed by atoms with Gasteiger partial charge in [-0.05, 0) is 31.4 Å². The summed E-state index contributed by atoms with van der Waals surface area (Å²) >= 11 is 0. The maximum atomic E-state index is 13.9. The van der Waals surface area contributed by atoms with Crippen molar-refractivity contribution in [2.24, 2.45) is 0 Å². The highest BCUT2D eigenvalue weighted by Gasteiger charge is 2.32. The second-order valence-corrected chi connectivity index (χ2v) is 7.41. The molecule has 10 heteroatoms. The van der Waals surface area contributed by atoms with Crippen molar-refractivity contribution in [1.82, 2.24) is 20.3 Å². The fraction of sp³-hybridized carbons (Fsp3) is 0.318. The van der Waals surface area contributed by atoms with Crippen LogP contribution in [0.3, 0.4) is 0 Å². The number of carbonyl (C=O) groups is 1. The number of aromatic nitrogens is 3. The topological polar surface area (TPSA) is 71.8 Å². The van der Waals surface area contributed by atoms with E-state index < -0.39 is 30.5 Å². The lowest BCUT2D eigenvalue weighted by atomic mass is 10.0. The van der Waals surface area contributed by atoms with Crippen LogP contribution < -0.4 is 10.6 Å². The Morgan fingerprint density at radius 2 is 1.78 bits per heavy atom. The van der Waals surface area contributed by atoms with Gasteiger partial charge in [0, 0.05) is 11.6 Å². The van der Waals surface area contributed by atoms with E-state index in [1.807, 2.05) is 30.3 Å². The van der Waals surface area contributed by atoms with Crippen molar-refractivity contribution in [2.45, 2.75) is 44.9 Å². The molecule has 0 aliphatic carbocycles. The zero-order valence-electron chi connectivity index (χ0n) is 17.4. The molecule has 2 aromatic carbocycles. The SMILES string of the molecule is Cc1c(NC(=O)NC(CCc2ccccc2)CC(F)(F)F)nnn1Cc1ccccc1F. The highest BCUT2D eigenvalue weighted by molar-refractivity contribution is 5.88. The zero-order valence-corrected chi connectivity index (χ0v) is 17.4. The molecule has 0 radical (unpaired) electrons. The number of anilines is 1. The number of rotatable bonds is 8. The second kappa shape index (κ2) is 10.3. The van der Waals surface area contributed by atoms with Crippen LogP contribution in [-0.2, 0) is 13.0 Å². The molecule has 2 N–H and O–H groups in total. The quantitative estimate of drug-likeness (QED) is 0.483. The van der Waals surface area contributed by atoms with Gasteiger partial charge in [0.05, 0.1) is 18.7 Å². The van der Waals surface area contributed by atoms with Crippen molar-refractivity contribution in [1.29, 1.82) is 0 Å². The third-order valence-corrected chi connectivity index (χ3v) is 4.93. The first kappa shape index (κ1) is 23.2. The number of nitrogens with zero attached hydrogens (tertiary/aromatic N) is 3. The van der Waals surface area contributed by atoms with Gasteiger partial charge in [-0.15, -0.1) is 5.10 Å². The predicted octanol–water partition coefficient (Wildman–Crippen LogP) is 4.85. The van der Waals surface area contributed by atoms with Crippen LogP contribution in [0.15, 0.2) is 54.6 Å². The molecule has 3 rings (SSSR count). The van der Waals surface area contributed by atoms with Crippen LogP contribution in [-0.4, -0.2) is 33.2 Å². The molecule has 170 valence electrons. The molecule has 3 aromatic rings. The van der Waals surface area contributed by atoms with Gasteiger partial charge in [0.25, 0.3) is 0 Å². The van der Waals surface area contributed by atoms with E-state index in [0.717, 1.165) is 5.56 Å². The fourth-order valence-electron chi connectivity index (χ4n) is 3.23. The second-order valence-electron chi connectivity index (χ2n) is 7.41. The molecule has 6 nitrogen and oxygen atoms in total. The summed E-state index contributed by atoms with van der Waals surface area (Å²) in [4.78, 5) is 12.4. The standard InChI is InChI=1S/C22H23F4N5O/c1-15-20(29-30-31(15)14-17-9-5-6-10-19(17)23)28-21(32)27-18(13-22(24,25)26)12-11-16-7-3-2-4-8-16/h2-10,18H,11-14H2,1H3,(H2,27,28,32). The Hall–Kier alpha value is -3.43. The number of nitrogens with one attached hydrogen (secondary N) is 2. The smallest absolute Gasteiger partial charge is 0.335 e. The first-order valence-corrected chi connectivity index (χ1v) is 10.0. The minimum absolute atomic E-state index is 0.0904. The van der Waals surface area contributed by atoms with Crippen LogP contribution in [0.1, 0.15) is 29.7 Å². The van der Waals surface area contributed by atoms with Crippen molar-refractivity contribution in [3.63, 3.8) is 0 Å². The summed E-state index contributed by atoms with van der Waals surface area (Å²) in [6.07, 6.45) is -5.06. The lowest BCUT2D eigenvalue weighted by molar-refractivity contribution is -0.139. The van der Waals surface area contributed by atoms with E-state index in [9.17, 15) is 22.4 Å². The summed E-state index contributed by atoms with van der Waals surface area (Å²) in [6, 6.07) is 13.3. The first-order chi connectivity index (χ1) is 15.2. The van der Waals surface area contributed by atoms with Crippen molar-refractivity contribution in [2.75, 3.05) is 5.32 Å². The Labute approximate surface area is 182 Å². The van der Waals surface area contributed by atoms with Gasteiger partial charge in [-0.2, -0.15) is 13.2 Å². The van der Waals surface area contributed by atoms with E-state index in [4.69, 9.17) is 0 Å². The normalized spacial score (nSPS) is 12.4. The number of benzene rings is 2. The fourth-order valence-corrected chi connectivity index (χ4v) is 3.23. The van der Waals surface area contributed by atoms with Gasteiger partial charge in [-0.25, -0.2) is 13.9 Å². The van der Waals surface area contributed by atoms with Crippen molar-refractivity contribution in [3.8, 4) is 0 Å². The number of carbonyl (C=O) groups excluding carboxylic acids is 1. The molecule has 1 aromatic heterocycles. The Morgan fingerprint density at radius 3 is 2.47 bits per heavy atom. The molecule has 0 fully saturated rings. The number of urea groups is 1. The summed E-state index contributed by atoms with van der Waals surface area (Å²) in [5, 5.41) is 12.6. The van der Waals surface area contributed by atoms with Gasteiger partial charge in [0.2, 0.25) is 0 Å². The van der Waals surface area contributed by atoms with Crippen LogP contribution >= 0.6 is 0 Å². The van der Waals surface area contributed by atoms with Crippen LogP contribution in [0.2, 0.25) is 0 Å². The van der Waals surface area contributed by atoms with E-state index in [2.05, 4.69) is 20.9 Å². The van der Waals surface area contributed by atoms with Crippen molar-refractivity contribution < 1.29 is 22.4 Å². The molecule has 0 aliphatic rings. The Kier molecular flexibility index (Phi) is 7.45. The van der Waals surface area contributed by atoms with Crippen molar-refractivity contribution >= 4 is 11.8 Å². The Morgan fingerprint density at radius 1 is 1.09 bits per heavy atom. The number of hydrogen-bond donors (Lipinski definition) is 2. The van der Waals surface area contributed by atoms with E-state index in [1.165, 1.54) is 10.7 Å². The van der Waals surface area contributed by atoms with Crippen LogP contribution in [0.4, 0.5) is 28.2 Å². The molecule has 0 saturated heterocycles. The van der Waals surface area contributed by atoms with Gasteiger partial charge < -0.3 is 5.32 Å². The molecular weight excluding hydrogens is 426 g/mol. The van der Waals surface area contributed by atoms with Crippen LogP contribution in [0, 0.1) is 12.7 Å². The molecule has 1 atom stereocenters. The molecule has 1 unspecified atom stereocenters. The monoisotopic (exact) mass is 449 g/mol. The van der Waals surface area contributed by atoms with E-state index in [1.54, 1.807) is 25.1 Å². The summed E-state index contributed by atoms with van der Waals surface area (Å²) in [6.45, 7) is 1.72. The molecule has 0 bridgehead atoms. The maximum absolute atomic E-state index is 13.9. The average molecular weight is 449 g/mol. The molecule has 0 saturated carbocycles. The highest BCUT2D eigenvalue weighted by Crippen LogP contribution is 2.24. The van der Waals surface area contributed by atoms with E-state index in [-0.39, 0.29) is 18.8 Å². The third kappa shape index (κ3) is 6.79. The van der Waals surface area contributed by atoms with Crippen LogP contribution in [0.25, 0.3) is 0 Å². The number of amides is 2. The lowest BCUT2D eigenvalue weighted by Crippen LogP contribution is -2.41. The highest BCUT2D eigenvalue weighted by atomic mass is 19.4. The van der Waals surface area contributed by atoms with Crippen molar-refractivity contribution in [3.05, 3.63) is 77.2 Å². The van der Waals surface area contributed by atoms with Crippen LogP contribution in [0.5, 0.6) is 0 Å². The summed E-state index contributed by atoms with van der Waals surface area (Å²) < 4.78 is 54.2. The average Bonchev–Trinajstić information content (AvgIpc) is 3.07. The molecule has 0 aliphatic heterocycles. The molecular formula is C22H23F4N5O. The first-order valence-electron chi connectivity index (χ1n) is 10.0. The summed E-state index contributed by atoms with van der Waals surface area (Å²) in [5.74, 6) is -0.310. The molecule has 32 heavy (non-hydrogen) atoms. The third-order valence-electron chi connectivity index (χ3n) is 4.93. The lowest BCUT2D eigenvalue weighted by Gasteiger charge is -2.20. The number of alkyl halides is 3. The molecule has 2 amide bonds. The minimum atomic E-state index is -4.42. The number of halogens is 4. The summed E-state index contributed by atoms with van der Waals surface area (Å²) in [7, 11) is 0. The van der Waals surface area contributed by atoms with Gasteiger partial charge in [0.1, 0.15) is 5.82 Å². The Balaban J connectivity index is 1.62. The maximum Gasteiger partial charge on any atom is 0.391 e. The molecule has 1 heterocycles. The van der Waals surface area contributed by atoms with Gasteiger partial charge in [0.15, 0.2) is 5.82 Å².